The molecule has 1 saturated carbocycles. The van der Waals surface area contributed by atoms with Crippen LogP contribution in [0.25, 0.3) is 22.7 Å². The van der Waals surface area contributed by atoms with Gasteiger partial charge < -0.3 is 15.0 Å². The van der Waals surface area contributed by atoms with Crippen molar-refractivity contribution in [1.82, 2.24) is 24.5 Å². The van der Waals surface area contributed by atoms with Gasteiger partial charge in [0, 0.05) is 18.8 Å². The number of nitrogens with zero attached hydrogens (tertiary/aromatic N) is 5. The number of aromatic carboxylic acids is 1. The second-order valence-electron chi connectivity index (χ2n) is 11.0. The number of imidazole rings is 1. The minimum atomic E-state index is -1.15. The van der Waals surface area contributed by atoms with Gasteiger partial charge in [0.15, 0.2) is 17.3 Å². The summed E-state index contributed by atoms with van der Waals surface area (Å²) in [6.45, 7) is 9.47. The van der Waals surface area contributed by atoms with Crippen LogP contribution in [0.15, 0.2) is 30.0 Å². The number of allylic oxidation sites excluding steroid dienone is 2. The molecule has 0 aromatic carbocycles. The molecule has 3 heterocycles. The molecule has 0 radical (unpaired) electrons. The van der Waals surface area contributed by atoms with Crippen LogP contribution in [0.4, 0.5) is 5.82 Å². The largest absolute Gasteiger partial charge is 0.475 e. The average Bonchev–Trinajstić information content (AvgIpc) is 3.22. The number of pyridine rings is 1. The smallest absolute Gasteiger partial charge is 0.374 e. The van der Waals surface area contributed by atoms with Gasteiger partial charge in [0.1, 0.15) is 11.2 Å². The Kier molecular flexibility index (Phi) is 7.26. The Morgan fingerprint density at radius 2 is 2.00 bits per heavy atom. The molecule has 8 heteroatoms. The van der Waals surface area contributed by atoms with Crippen LogP contribution >= 0.6 is 0 Å². The molecule has 0 spiro atoms. The minimum absolute atomic E-state index is 0.187. The third-order valence-electron chi connectivity index (χ3n) is 8.20. The van der Waals surface area contributed by atoms with Crippen molar-refractivity contribution in [1.29, 1.82) is 0 Å². The van der Waals surface area contributed by atoms with E-state index in [0.717, 1.165) is 49.3 Å². The molecule has 1 fully saturated rings. The Morgan fingerprint density at radius 1 is 1.19 bits per heavy atom. The number of hydrogen-bond donors (Lipinski definition) is 2. The molecule has 2 N–H and O–H groups in total. The maximum absolute atomic E-state index is 11.9. The summed E-state index contributed by atoms with van der Waals surface area (Å²) in [5, 5.41) is 13.3. The van der Waals surface area contributed by atoms with E-state index in [1.807, 2.05) is 12.3 Å². The highest BCUT2D eigenvalue weighted by atomic mass is 16.4. The lowest BCUT2D eigenvalue weighted by atomic mass is 9.80. The van der Waals surface area contributed by atoms with E-state index in [1.165, 1.54) is 30.4 Å². The number of aromatic nitrogens is 5. The first-order valence-corrected chi connectivity index (χ1v) is 13.8. The first-order chi connectivity index (χ1) is 17.8. The van der Waals surface area contributed by atoms with Crippen LogP contribution in [0.3, 0.4) is 0 Å². The van der Waals surface area contributed by atoms with Crippen LogP contribution in [0.2, 0.25) is 0 Å². The number of hydrogen-bond acceptors (Lipinski definition) is 6. The molecular weight excluding hydrogens is 464 g/mol. The van der Waals surface area contributed by atoms with E-state index < -0.39 is 5.97 Å². The van der Waals surface area contributed by atoms with E-state index in [-0.39, 0.29) is 11.9 Å². The van der Waals surface area contributed by atoms with Gasteiger partial charge in [-0.25, -0.2) is 19.7 Å². The van der Waals surface area contributed by atoms with Crippen LogP contribution in [0.1, 0.15) is 94.7 Å². The molecule has 0 amide bonds. The standard InChI is InChI=1S/C29H38N6O2/c1-5-19-9-11-20(12-10-19)16-35-24-25(31-18(4)21-7-6-8-21)32-27(29(36)37)33-26(24)34-28(35)23-15-22(17(2)3)13-14-30-23/h9,13-15,17-18,20-21H,5-8,10-12,16H2,1-4H3,(H,36,37)(H,31,32,33). The quantitative estimate of drug-likeness (QED) is 0.324. The van der Waals surface area contributed by atoms with Gasteiger partial charge in [0.25, 0.3) is 0 Å². The van der Waals surface area contributed by atoms with Crippen molar-refractivity contribution in [3.05, 3.63) is 41.4 Å². The lowest BCUT2D eigenvalue weighted by Gasteiger charge is -2.32. The summed E-state index contributed by atoms with van der Waals surface area (Å²) in [6.07, 6.45) is 12.2. The first-order valence-electron chi connectivity index (χ1n) is 13.8. The van der Waals surface area contributed by atoms with Crippen LogP contribution < -0.4 is 5.32 Å². The molecule has 3 aromatic rings. The van der Waals surface area contributed by atoms with E-state index in [9.17, 15) is 9.90 Å². The zero-order valence-corrected chi connectivity index (χ0v) is 22.4. The SMILES string of the molecule is CCC1=CCC(Cn2c(-c3cc(C(C)C)ccn3)nc3nc(C(=O)O)nc(NC(C)C4CCC4)c32)CC1. The summed E-state index contributed by atoms with van der Waals surface area (Å²) in [5.74, 6) is 1.27. The van der Waals surface area contributed by atoms with Crippen molar-refractivity contribution >= 4 is 23.0 Å². The number of carboxylic acids is 1. The molecule has 3 aromatic heterocycles. The number of nitrogens with one attached hydrogen (secondary N) is 1. The minimum Gasteiger partial charge on any atom is -0.475 e. The summed E-state index contributed by atoms with van der Waals surface area (Å²) >= 11 is 0. The lowest BCUT2D eigenvalue weighted by molar-refractivity contribution is 0.0684. The normalized spacial score (nSPS) is 19.1. The summed E-state index contributed by atoms with van der Waals surface area (Å²) in [6, 6.07) is 4.32. The van der Waals surface area contributed by atoms with Crippen molar-refractivity contribution in [3.63, 3.8) is 0 Å². The van der Waals surface area contributed by atoms with Crippen LogP contribution in [-0.2, 0) is 6.54 Å². The van der Waals surface area contributed by atoms with Gasteiger partial charge in [-0.05, 0) is 80.9 Å². The zero-order chi connectivity index (χ0) is 26.1. The maximum atomic E-state index is 11.9. The number of fused-ring (bicyclic) bond motifs is 1. The van der Waals surface area contributed by atoms with Crippen molar-refractivity contribution in [2.75, 3.05) is 5.32 Å². The average molecular weight is 503 g/mol. The van der Waals surface area contributed by atoms with E-state index in [2.05, 4.69) is 64.7 Å². The monoisotopic (exact) mass is 502 g/mol. The number of rotatable bonds is 9. The molecule has 196 valence electrons. The fraction of sp³-hybridized carbons (Fsp3) is 0.552. The molecule has 2 aliphatic rings. The molecule has 0 bridgehead atoms. The second-order valence-corrected chi connectivity index (χ2v) is 11.0. The van der Waals surface area contributed by atoms with Gasteiger partial charge in [-0.3, -0.25) is 4.98 Å². The summed E-state index contributed by atoms with van der Waals surface area (Å²) in [7, 11) is 0. The third-order valence-corrected chi connectivity index (χ3v) is 8.20. The van der Waals surface area contributed by atoms with E-state index >= 15 is 0 Å². The Labute approximate surface area is 218 Å². The zero-order valence-electron chi connectivity index (χ0n) is 22.4. The molecule has 8 nitrogen and oxygen atoms in total. The molecule has 5 rings (SSSR count). The number of carbonyl (C=O) groups is 1. The Hall–Kier alpha value is -3.29. The molecule has 0 aliphatic heterocycles. The van der Waals surface area contributed by atoms with Crippen LogP contribution in [0, 0.1) is 11.8 Å². The Morgan fingerprint density at radius 3 is 2.62 bits per heavy atom. The highest BCUT2D eigenvalue weighted by molar-refractivity contribution is 5.92. The van der Waals surface area contributed by atoms with Gasteiger partial charge in [0.2, 0.25) is 5.82 Å². The van der Waals surface area contributed by atoms with Gasteiger partial charge in [0.05, 0.1) is 0 Å². The molecular formula is C29H38N6O2. The first kappa shape index (κ1) is 25.4. The maximum Gasteiger partial charge on any atom is 0.374 e. The topological polar surface area (TPSA) is 106 Å². The third kappa shape index (κ3) is 5.24. The van der Waals surface area contributed by atoms with Crippen molar-refractivity contribution in [3.8, 4) is 11.5 Å². The fourth-order valence-corrected chi connectivity index (χ4v) is 5.50. The number of carboxylic acid groups (broad SMARTS) is 1. The highest BCUT2D eigenvalue weighted by Crippen LogP contribution is 2.35. The van der Waals surface area contributed by atoms with Gasteiger partial charge >= 0.3 is 5.97 Å². The second kappa shape index (κ2) is 10.6. The molecule has 2 aliphatic carbocycles. The predicted octanol–water partition coefficient (Wildman–Crippen LogP) is 6.45. The number of anilines is 1. The van der Waals surface area contributed by atoms with Crippen LogP contribution in [-0.4, -0.2) is 41.6 Å². The molecule has 2 atom stereocenters. The van der Waals surface area contributed by atoms with E-state index in [4.69, 9.17) is 4.98 Å². The van der Waals surface area contributed by atoms with Crippen LogP contribution in [0.5, 0.6) is 0 Å². The summed E-state index contributed by atoms with van der Waals surface area (Å²) in [5.41, 5.74) is 4.67. The lowest BCUT2D eigenvalue weighted by Crippen LogP contribution is -2.31. The molecule has 2 unspecified atom stereocenters. The highest BCUT2D eigenvalue weighted by Gasteiger charge is 2.28. The Bertz CT molecular complexity index is 1320. The van der Waals surface area contributed by atoms with Gasteiger partial charge in [-0.1, -0.05) is 38.8 Å². The fourth-order valence-electron chi connectivity index (χ4n) is 5.50. The van der Waals surface area contributed by atoms with Crippen molar-refractivity contribution < 1.29 is 9.90 Å². The van der Waals surface area contributed by atoms with Gasteiger partial charge in [-0.2, -0.15) is 0 Å². The van der Waals surface area contributed by atoms with E-state index in [1.54, 1.807) is 0 Å². The van der Waals surface area contributed by atoms with Gasteiger partial charge in [-0.15, -0.1) is 0 Å². The predicted molar refractivity (Wildman–Crippen MR) is 146 cm³/mol. The van der Waals surface area contributed by atoms with E-state index in [0.29, 0.717) is 29.2 Å². The molecule has 0 saturated heterocycles. The van der Waals surface area contributed by atoms with Crippen molar-refractivity contribution in [2.45, 2.75) is 91.1 Å². The summed E-state index contributed by atoms with van der Waals surface area (Å²) < 4.78 is 2.19. The molecule has 37 heavy (non-hydrogen) atoms. The van der Waals surface area contributed by atoms with Crippen molar-refractivity contribution in [2.24, 2.45) is 11.8 Å². The Balaban J connectivity index is 1.65. The summed E-state index contributed by atoms with van der Waals surface area (Å²) in [4.78, 5) is 30.4.